The van der Waals surface area contributed by atoms with E-state index in [0.29, 0.717) is 44.3 Å². The topological polar surface area (TPSA) is 57.5 Å². The molecule has 0 radical (unpaired) electrons. The van der Waals surface area contributed by atoms with Crippen LogP contribution in [0.15, 0.2) is 60.9 Å². The quantitative estimate of drug-likeness (QED) is 0.291. The van der Waals surface area contributed by atoms with Crippen LogP contribution in [0.3, 0.4) is 0 Å². The van der Waals surface area contributed by atoms with Crippen molar-refractivity contribution in [2.75, 3.05) is 39.3 Å². The van der Waals surface area contributed by atoms with E-state index < -0.39 is 11.7 Å². The number of carbonyl (C=O) groups excluding carboxylic acids is 1. The number of hydrogen-bond acceptors (Lipinski definition) is 5. The summed E-state index contributed by atoms with van der Waals surface area (Å²) >= 11 is 0. The number of aryl methyl sites for hydroxylation is 2. The molecule has 0 bridgehead atoms. The maximum absolute atomic E-state index is 13.5. The van der Waals surface area contributed by atoms with Gasteiger partial charge in [-0.3, -0.25) is 24.6 Å². The summed E-state index contributed by atoms with van der Waals surface area (Å²) in [6, 6.07) is 13.7. The second-order valence-corrected chi connectivity index (χ2v) is 11.9. The number of amides is 1. The molecular formula is C33H37F3N6O. The van der Waals surface area contributed by atoms with Gasteiger partial charge in [-0.1, -0.05) is 18.2 Å². The van der Waals surface area contributed by atoms with Crippen LogP contribution in [0.4, 0.5) is 13.2 Å². The summed E-state index contributed by atoms with van der Waals surface area (Å²) in [6.45, 7) is 7.99. The molecule has 0 spiro atoms. The molecule has 4 aromatic rings. The molecule has 2 saturated heterocycles. The van der Waals surface area contributed by atoms with E-state index in [1.54, 1.807) is 0 Å². The average molecular weight is 591 g/mol. The fourth-order valence-electron chi connectivity index (χ4n) is 6.24. The Labute approximate surface area is 249 Å². The molecule has 2 fully saturated rings. The minimum Gasteiger partial charge on any atom is -0.338 e. The number of alkyl halides is 3. The predicted molar refractivity (Wildman–Crippen MR) is 160 cm³/mol. The standard InChI is InChI=1S/C33H37F3N6O/c1-23-3-4-25(19-37-23)22-40-11-9-26(10-12-40)29-17-27-18-30(39(2)31(27)20-38-29)32(43)42-15-13-41(14-16-42)21-24-5-7-28(8-6-24)33(34,35)36/h3-8,17-20,26H,9-16,21-22H2,1-2H3. The molecule has 0 saturated carbocycles. The molecule has 2 aliphatic rings. The van der Waals surface area contributed by atoms with Crippen molar-refractivity contribution in [2.24, 2.45) is 7.05 Å². The summed E-state index contributed by atoms with van der Waals surface area (Å²) < 4.78 is 40.5. The molecule has 0 aliphatic carbocycles. The maximum Gasteiger partial charge on any atom is 0.416 e. The van der Waals surface area contributed by atoms with Crippen LogP contribution in [-0.4, -0.2) is 74.4 Å². The third kappa shape index (κ3) is 6.60. The molecule has 43 heavy (non-hydrogen) atoms. The Morgan fingerprint density at radius 2 is 1.49 bits per heavy atom. The van der Waals surface area contributed by atoms with Crippen LogP contribution < -0.4 is 0 Å². The minimum atomic E-state index is -4.33. The van der Waals surface area contributed by atoms with Crippen LogP contribution in [-0.2, 0) is 26.3 Å². The lowest BCUT2D eigenvalue weighted by Crippen LogP contribution is -2.48. The molecule has 226 valence electrons. The predicted octanol–water partition coefficient (Wildman–Crippen LogP) is 5.63. The molecular weight excluding hydrogens is 553 g/mol. The van der Waals surface area contributed by atoms with E-state index in [1.165, 1.54) is 17.7 Å². The van der Waals surface area contributed by atoms with Gasteiger partial charge in [0.25, 0.3) is 5.91 Å². The number of carbonyl (C=O) groups is 1. The summed E-state index contributed by atoms with van der Waals surface area (Å²) in [5.74, 6) is 0.391. The highest BCUT2D eigenvalue weighted by atomic mass is 19.4. The average Bonchev–Trinajstić information content (AvgIpc) is 3.34. The Balaban J connectivity index is 1.05. The molecule has 5 heterocycles. The molecule has 0 N–H and O–H groups in total. The highest BCUT2D eigenvalue weighted by molar-refractivity contribution is 5.98. The molecule has 0 unspecified atom stereocenters. The maximum atomic E-state index is 13.5. The smallest absolute Gasteiger partial charge is 0.338 e. The number of fused-ring (bicyclic) bond motifs is 1. The van der Waals surface area contributed by atoms with Crippen molar-refractivity contribution in [1.29, 1.82) is 0 Å². The van der Waals surface area contributed by atoms with Crippen molar-refractivity contribution >= 4 is 16.8 Å². The van der Waals surface area contributed by atoms with Crippen LogP contribution in [0.1, 0.15) is 57.3 Å². The second-order valence-electron chi connectivity index (χ2n) is 11.9. The number of pyridine rings is 2. The number of aromatic nitrogens is 3. The lowest BCUT2D eigenvalue weighted by molar-refractivity contribution is -0.137. The zero-order valence-corrected chi connectivity index (χ0v) is 24.6. The van der Waals surface area contributed by atoms with E-state index in [2.05, 4.69) is 33.0 Å². The van der Waals surface area contributed by atoms with E-state index in [4.69, 9.17) is 4.98 Å². The van der Waals surface area contributed by atoms with Crippen LogP contribution in [0.5, 0.6) is 0 Å². The lowest BCUT2D eigenvalue weighted by atomic mass is 9.92. The molecule has 7 nitrogen and oxygen atoms in total. The van der Waals surface area contributed by atoms with Crippen molar-refractivity contribution in [3.8, 4) is 0 Å². The van der Waals surface area contributed by atoms with Crippen molar-refractivity contribution in [2.45, 2.75) is 44.9 Å². The van der Waals surface area contributed by atoms with Gasteiger partial charge in [-0.2, -0.15) is 13.2 Å². The van der Waals surface area contributed by atoms with Gasteiger partial charge < -0.3 is 9.47 Å². The first kappa shape index (κ1) is 29.3. The number of benzene rings is 1. The Hall–Kier alpha value is -3.76. The Morgan fingerprint density at radius 3 is 2.14 bits per heavy atom. The van der Waals surface area contributed by atoms with E-state index in [9.17, 15) is 18.0 Å². The van der Waals surface area contributed by atoms with E-state index in [1.807, 2.05) is 41.9 Å². The largest absolute Gasteiger partial charge is 0.416 e. The van der Waals surface area contributed by atoms with Gasteiger partial charge in [0.05, 0.1) is 17.3 Å². The first-order chi connectivity index (χ1) is 20.6. The first-order valence-corrected chi connectivity index (χ1v) is 14.9. The van der Waals surface area contributed by atoms with Crippen molar-refractivity contribution in [3.63, 3.8) is 0 Å². The number of piperidine rings is 1. The van der Waals surface area contributed by atoms with Crippen molar-refractivity contribution in [3.05, 3.63) is 94.7 Å². The van der Waals surface area contributed by atoms with Gasteiger partial charge in [-0.05, 0) is 74.3 Å². The molecule has 1 aromatic carbocycles. The fourth-order valence-corrected chi connectivity index (χ4v) is 6.24. The van der Waals surface area contributed by atoms with Crippen molar-refractivity contribution in [1.82, 2.24) is 29.2 Å². The molecule has 3 aromatic heterocycles. The molecule has 2 aliphatic heterocycles. The van der Waals surface area contributed by atoms with Gasteiger partial charge in [0.2, 0.25) is 0 Å². The SMILES string of the molecule is Cc1ccc(CN2CCC(c3cc4cc(C(=O)N5CCN(Cc6ccc(C(F)(F)F)cc6)CC5)n(C)c4cn3)CC2)cn1. The number of halogens is 3. The Morgan fingerprint density at radius 1 is 0.837 bits per heavy atom. The van der Waals surface area contributed by atoms with Gasteiger partial charge in [-0.25, -0.2) is 0 Å². The normalized spacial score (nSPS) is 17.6. The minimum absolute atomic E-state index is 0.00617. The highest BCUT2D eigenvalue weighted by Gasteiger charge is 2.30. The van der Waals surface area contributed by atoms with Gasteiger partial charge in [0.15, 0.2) is 0 Å². The monoisotopic (exact) mass is 590 g/mol. The van der Waals surface area contributed by atoms with Gasteiger partial charge in [0.1, 0.15) is 5.69 Å². The number of hydrogen-bond donors (Lipinski definition) is 0. The number of likely N-dealkylation sites (tertiary alicyclic amines) is 1. The van der Waals surface area contributed by atoms with E-state index >= 15 is 0 Å². The van der Waals surface area contributed by atoms with Crippen LogP contribution in [0.25, 0.3) is 10.9 Å². The van der Waals surface area contributed by atoms with Crippen LogP contribution in [0.2, 0.25) is 0 Å². The number of rotatable bonds is 6. The zero-order valence-electron chi connectivity index (χ0n) is 24.6. The molecule has 6 rings (SSSR count). The molecule has 1 amide bonds. The van der Waals surface area contributed by atoms with Gasteiger partial charge in [0, 0.05) is 75.2 Å². The van der Waals surface area contributed by atoms with Crippen LogP contribution in [0, 0.1) is 6.92 Å². The van der Waals surface area contributed by atoms with Gasteiger partial charge >= 0.3 is 6.18 Å². The number of piperazine rings is 1. The summed E-state index contributed by atoms with van der Waals surface area (Å²) in [4.78, 5) is 29.3. The summed E-state index contributed by atoms with van der Waals surface area (Å²) in [5, 5.41) is 1.03. The van der Waals surface area contributed by atoms with E-state index in [-0.39, 0.29) is 5.91 Å². The highest BCUT2D eigenvalue weighted by Crippen LogP contribution is 2.31. The van der Waals surface area contributed by atoms with E-state index in [0.717, 1.165) is 72.5 Å². The van der Waals surface area contributed by atoms with Crippen molar-refractivity contribution < 1.29 is 18.0 Å². The Bertz CT molecular complexity index is 1570. The molecule has 10 heteroatoms. The summed E-state index contributed by atoms with van der Waals surface area (Å²) in [5.41, 5.74) is 5.15. The van der Waals surface area contributed by atoms with Crippen LogP contribution >= 0.6 is 0 Å². The third-order valence-electron chi connectivity index (χ3n) is 8.90. The molecule has 0 atom stereocenters. The first-order valence-electron chi connectivity index (χ1n) is 14.9. The van der Waals surface area contributed by atoms with Gasteiger partial charge in [-0.15, -0.1) is 0 Å². The lowest BCUT2D eigenvalue weighted by Gasteiger charge is -2.34. The number of nitrogens with zero attached hydrogens (tertiary/aromatic N) is 6. The summed E-state index contributed by atoms with van der Waals surface area (Å²) in [7, 11) is 1.91. The fraction of sp³-hybridized carbons (Fsp3) is 0.424. The zero-order chi connectivity index (χ0) is 30.1. The summed E-state index contributed by atoms with van der Waals surface area (Å²) in [6.07, 6.45) is 1.63. The third-order valence-corrected chi connectivity index (χ3v) is 8.90. The second kappa shape index (κ2) is 12.1. The Kier molecular flexibility index (Phi) is 8.24.